The lowest BCUT2D eigenvalue weighted by Crippen LogP contribution is -2.44. The SMILES string of the molecule is CC[C@H]1C[C@@H]1Nc1ncc2c(C3CCN(S(=O)(=O)C4CCOCC4)CC3)cn(C3CCC(O)CC3)c2n1. The Kier molecular flexibility index (Phi) is 7.20. The van der Waals surface area contributed by atoms with Crippen molar-refractivity contribution >= 4 is 27.0 Å². The fourth-order valence-electron chi connectivity index (χ4n) is 6.71. The second kappa shape index (κ2) is 10.4. The summed E-state index contributed by atoms with van der Waals surface area (Å²) in [4.78, 5) is 9.71. The summed E-state index contributed by atoms with van der Waals surface area (Å²) in [5.74, 6) is 1.70. The van der Waals surface area contributed by atoms with Crippen molar-refractivity contribution in [3.05, 3.63) is 18.0 Å². The van der Waals surface area contributed by atoms with Gasteiger partial charge < -0.3 is 19.7 Å². The van der Waals surface area contributed by atoms with E-state index in [4.69, 9.17) is 14.7 Å². The number of nitrogens with zero attached hydrogens (tertiary/aromatic N) is 4. The van der Waals surface area contributed by atoms with Crippen LogP contribution in [0.1, 0.15) is 88.7 Å². The summed E-state index contributed by atoms with van der Waals surface area (Å²) in [6.07, 6.45) is 12.7. The van der Waals surface area contributed by atoms with Gasteiger partial charge in [-0.1, -0.05) is 13.3 Å². The number of anilines is 1. The van der Waals surface area contributed by atoms with Gasteiger partial charge >= 0.3 is 0 Å². The molecule has 6 rings (SSSR count). The van der Waals surface area contributed by atoms with Crippen LogP contribution in [0.2, 0.25) is 0 Å². The van der Waals surface area contributed by atoms with Crippen molar-refractivity contribution in [3.63, 3.8) is 0 Å². The first kappa shape index (κ1) is 25.5. The van der Waals surface area contributed by atoms with E-state index in [1.54, 1.807) is 4.31 Å². The molecule has 2 saturated carbocycles. The van der Waals surface area contributed by atoms with E-state index >= 15 is 0 Å². The Morgan fingerprint density at radius 3 is 2.49 bits per heavy atom. The smallest absolute Gasteiger partial charge is 0.224 e. The van der Waals surface area contributed by atoms with E-state index in [1.165, 1.54) is 18.4 Å². The molecular weight excluding hydrogens is 490 g/mol. The molecule has 0 spiro atoms. The largest absolute Gasteiger partial charge is 0.393 e. The van der Waals surface area contributed by atoms with Crippen molar-refractivity contribution in [2.24, 2.45) is 5.92 Å². The van der Waals surface area contributed by atoms with Gasteiger partial charge in [0.2, 0.25) is 16.0 Å². The van der Waals surface area contributed by atoms with Gasteiger partial charge in [-0.2, -0.15) is 4.98 Å². The van der Waals surface area contributed by atoms with Crippen molar-refractivity contribution in [3.8, 4) is 0 Å². The molecule has 2 atom stereocenters. The maximum absolute atomic E-state index is 13.2. The number of aliphatic hydroxyl groups excluding tert-OH is 1. The maximum atomic E-state index is 13.2. The molecular formula is C27H41N5O4S. The Morgan fingerprint density at radius 2 is 1.81 bits per heavy atom. The standard InChI is InChI=1S/C27H41N5O4S/c1-2-18-15-25(18)29-27-28-16-23-24(17-32(26(23)30-27)20-3-5-21(33)6-4-20)19-7-11-31(12-8-19)37(34,35)22-9-13-36-14-10-22/h16-22,25,33H,2-15H2,1H3,(H,28,29,30)/t18-,20?,21?,25-/m0/s1. The number of nitrogens with one attached hydrogen (secondary N) is 1. The van der Waals surface area contributed by atoms with Crippen molar-refractivity contribution < 1.29 is 18.3 Å². The fourth-order valence-corrected chi connectivity index (χ4v) is 8.64. The number of piperidine rings is 1. The normalized spacial score (nSPS) is 30.5. The quantitative estimate of drug-likeness (QED) is 0.559. The molecule has 2 saturated heterocycles. The number of hydrogen-bond acceptors (Lipinski definition) is 7. The van der Waals surface area contributed by atoms with Gasteiger partial charge in [-0.15, -0.1) is 0 Å². The molecule has 2 aromatic heterocycles. The first-order chi connectivity index (χ1) is 17.9. The molecule has 2 N–H and O–H groups in total. The molecule has 9 nitrogen and oxygen atoms in total. The molecule has 2 aliphatic carbocycles. The minimum atomic E-state index is -3.28. The van der Waals surface area contributed by atoms with Crippen molar-refractivity contribution in [2.75, 3.05) is 31.6 Å². The highest BCUT2D eigenvalue weighted by Crippen LogP contribution is 2.40. The van der Waals surface area contributed by atoms with Gasteiger partial charge in [-0.05, 0) is 75.2 Å². The Bertz CT molecular complexity index is 1190. The zero-order valence-corrected chi connectivity index (χ0v) is 22.7. The summed E-state index contributed by atoms with van der Waals surface area (Å²) in [7, 11) is -3.28. The average Bonchev–Trinajstić information content (AvgIpc) is 3.58. The number of hydrogen-bond donors (Lipinski definition) is 2. The van der Waals surface area contributed by atoms with Crippen molar-refractivity contribution in [2.45, 2.75) is 100 Å². The number of aliphatic hydroxyl groups is 1. The van der Waals surface area contributed by atoms with Crippen LogP contribution < -0.4 is 5.32 Å². The topological polar surface area (TPSA) is 110 Å². The third-order valence-electron chi connectivity index (χ3n) is 9.27. The van der Waals surface area contributed by atoms with Crippen LogP contribution in [0.4, 0.5) is 5.95 Å². The highest BCUT2D eigenvalue weighted by Gasteiger charge is 2.38. The van der Waals surface area contributed by atoms with E-state index in [-0.39, 0.29) is 17.3 Å². The molecule has 0 radical (unpaired) electrons. The van der Waals surface area contributed by atoms with Crippen LogP contribution in [0.25, 0.3) is 11.0 Å². The van der Waals surface area contributed by atoms with Crippen LogP contribution >= 0.6 is 0 Å². The van der Waals surface area contributed by atoms with Crippen LogP contribution in [-0.2, 0) is 14.8 Å². The Balaban J connectivity index is 1.24. The van der Waals surface area contributed by atoms with Crippen molar-refractivity contribution in [1.82, 2.24) is 18.8 Å². The molecule has 0 aromatic carbocycles. The summed E-state index contributed by atoms with van der Waals surface area (Å²) >= 11 is 0. The Morgan fingerprint density at radius 1 is 1.08 bits per heavy atom. The summed E-state index contributed by atoms with van der Waals surface area (Å²) in [6, 6.07) is 0.790. The highest BCUT2D eigenvalue weighted by molar-refractivity contribution is 7.89. The number of rotatable bonds is 7. The van der Waals surface area contributed by atoms with E-state index in [0.29, 0.717) is 63.1 Å². The summed E-state index contributed by atoms with van der Waals surface area (Å²) in [6.45, 7) is 4.43. The molecule has 4 aliphatic rings. The average molecular weight is 532 g/mol. The first-order valence-electron chi connectivity index (χ1n) is 14.3. The molecule has 204 valence electrons. The lowest BCUT2D eigenvalue weighted by molar-refractivity contribution is 0.0969. The highest BCUT2D eigenvalue weighted by atomic mass is 32.2. The molecule has 0 amide bonds. The zero-order chi connectivity index (χ0) is 25.6. The van der Waals surface area contributed by atoms with Crippen LogP contribution in [0.5, 0.6) is 0 Å². The lowest BCUT2D eigenvalue weighted by atomic mass is 9.90. The molecule has 2 aromatic rings. The minimum Gasteiger partial charge on any atom is -0.393 e. The predicted octanol–water partition coefficient (Wildman–Crippen LogP) is 3.81. The molecule has 2 aliphatic heterocycles. The summed E-state index contributed by atoms with van der Waals surface area (Å²) in [5, 5.41) is 14.4. The molecule has 4 heterocycles. The summed E-state index contributed by atoms with van der Waals surface area (Å²) in [5.41, 5.74) is 2.22. The van der Waals surface area contributed by atoms with Gasteiger partial charge in [0.05, 0.1) is 11.4 Å². The number of ether oxygens (including phenoxy) is 1. The molecule has 10 heteroatoms. The Hall–Kier alpha value is -1.75. The first-order valence-corrected chi connectivity index (χ1v) is 15.8. The van der Waals surface area contributed by atoms with E-state index in [0.717, 1.165) is 49.6 Å². The monoisotopic (exact) mass is 531 g/mol. The van der Waals surface area contributed by atoms with Gasteiger partial charge in [0.15, 0.2) is 0 Å². The molecule has 4 fully saturated rings. The van der Waals surface area contributed by atoms with Crippen LogP contribution in [0.3, 0.4) is 0 Å². The van der Waals surface area contributed by atoms with Crippen LogP contribution in [0.15, 0.2) is 12.4 Å². The van der Waals surface area contributed by atoms with Crippen LogP contribution in [0, 0.1) is 5.92 Å². The van der Waals surface area contributed by atoms with Gasteiger partial charge in [0.25, 0.3) is 0 Å². The molecule has 0 bridgehead atoms. The van der Waals surface area contributed by atoms with E-state index < -0.39 is 10.0 Å². The molecule has 0 unspecified atom stereocenters. The lowest BCUT2D eigenvalue weighted by Gasteiger charge is -2.34. The minimum absolute atomic E-state index is 0.202. The number of fused-ring (bicyclic) bond motifs is 1. The third kappa shape index (κ3) is 5.14. The Labute approximate surface area is 220 Å². The van der Waals surface area contributed by atoms with E-state index in [9.17, 15) is 13.5 Å². The van der Waals surface area contributed by atoms with Gasteiger partial charge in [-0.3, -0.25) is 0 Å². The zero-order valence-electron chi connectivity index (χ0n) is 21.9. The van der Waals surface area contributed by atoms with Crippen LogP contribution in [-0.4, -0.2) is 76.1 Å². The fraction of sp³-hybridized carbons (Fsp3) is 0.778. The van der Waals surface area contributed by atoms with E-state index in [2.05, 4.69) is 23.0 Å². The number of aromatic nitrogens is 3. The second-order valence-electron chi connectivity index (χ2n) is 11.6. The second-order valence-corrected chi connectivity index (χ2v) is 13.8. The molecule has 37 heavy (non-hydrogen) atoms. The number of sulfonamides is 1. The maximum Gasteiger partial charge on any atom is 0.224 e. The predicted molar refractivity (Wildman–Crippen MR) is 143 cm³/mol. The van der Waals surface area contributed by atoms with Crippen molar-refractivity contribution in [1.29, 1.82) is 0 Å². The van der Waals surface area contributed by atoms with Gasteiger partial charge in [0.1, 0.15) is 5.65 Å². The van der Waals surface area contributed by atoms with Gasteiger partial charge in [0, 0.05) is 56.2 Å². The van der Waals surface area contributed by atoms with E-state index in [1.807, 2.05) is 6.20 Å². The third-order valence-corrected chi connectivity index (χ3v) is 11.7. The van der Waals surface area contributed by atoms with Gasteiger partial charge in [-0.25, -0.2) is 17.7 Å². The summed E-state index contributed by atoms with van der Waals surface area (Å²) < 4.78 is 35.9.